The highest BCUT2D eigenvalue weighted by Crippen LogP contribution is 2.29. The van der Waals surface area contributed by atoms with Crippen molar-refractivity contribution in [2.45, 2.75) is 26.7 Å². The van der Waals surface area contributed by atoms with E-state index < -0.39 is 0 Å². The van der Waals surface area contributed by atoms with Crippen LogP contribution in [0.2, 0.25) is 0 Å². The minimum absolute atomic E-state index is 0.0100. The molecule has 0 radical (unpaired) electrons. The first-order valence-corrected chi connectivity index (χ1v) is 11.2. The molecular formula is C20H30N6O2S. The Morgan fingerprint density at radius 1 is 1.17 bits per heavy atom. The Morgan fingerprint density at radius 3 is 2.66 bits per heavy atom. The minimum atomic E-state index is 0.0100. The standard InChI is InChI=1S/C20H30N6O2S/c1-15-5-6-16(2)26(15)20-23-22-19(29-20)25-8-3-4-17(14-25)18(27)21-7-9-24-10-12-28-13-11-24/h5-6,17H,3-4,7-14H2,1-2H3,(H,21,27). The predicted molar refractivity (Wildman–Crippen MR) is 114 cm³/mol. The third kappa shape index (κ3) is 4.79. The highest BCUT2D eigenvalue weighted by molar-refractivity contribution is 7.17. The van der Waals surface area contributed by atoms with Crippen LogP contribution in [0.15, 0.2) is 12.1 Å². The van der Waals surface area contributed by atoms with Gasteiger partial charge in [-0.1, -0.05) is 11.3 Å². The summed E-state index contributed by atoms with van der Waals surface area (Å²) in [5.74, 6) is 0.167. The first-order valence-electron chi connectivity index (χ1n) is 10.4. The summed E-state index contributed by atoms with van der Waals surface area (Å²) in [6.07, 6.45) is 1.93. The second kappa shape index (κ2) is 9.23. The molecule has 0 spiro atoms. The van der Waals surface area contributed by atoms with Crippen molar-refractivity contribution in [3.63, 3.8) is 0 Å². The molecule has 2 aromatic rings. The number of hydrogen-bond donors (Lipinski definition) is 1. The fraction of sp³-hybridized carbons (Fsp3) is 0.650. The van der Waals surface area contributed by atoms with Gasteiger partial charge in [0.25, 0.3) is 0 Å². The van der Waals surface area contributed by atoms with Crippen molar-refractivity contribution in [1.29, 1.82) is 0 Å². The lowest BCUT2D eigenvalue weighted by atomic mass is 9.97. The molecule has 4 rings (SSSR count). The number of amides is 1. The van der Waals surface area contributed by atoms with Gasteiger partial charge < -0.3 is 15.0 Å². The molecule has 1 unspecified atom stereocenters. The highest BCUT2D eigenvalue weighted by atomic mass is 32.1. The molecule has 9 heteroatoms. The monoisotopic (exact) mass is 418 g/mol. The first kappa shape index (κ1) is 20.3. The number of aryl methyl sites for hydroxylation is 2. The van der Waals surface area contributed by atoms with Gasteiger partial charge in [-0.15, -0.1) is 10.2 Å². The largest absolute Gasteiger partial charge is 0.379 e. The molecule has 2 aliphatic rings. The molecule has 1 atom stereocenters. The Hall–Kier alpha value is -1.97. The van der Waals surface area contributed by atoms with Crippen LogP contribution in [-0.2, 0) is 9.53 Å². The van der Waals surface area contributed by atoms with E-state index >= 15 is 0 Å². The van der Waals surface area contributed by atoms with Crippen LogP contribution in [-0.4, -0.2) is 78.1 Å². The topological polar surface area (TPSA) is 75.5 Å². The second-order valence-corrected chi connectivity index (χ2v) is 8.78. The summed E-state index contributed by atoms with van der Waals surface area (Å²) >= 11 is 1.59. The first-order chi connectivity index (χ1) is 14.1. The van der Waals surface area contributed by atoms with Crippen molar-refractivity contribution in [1.82, 2.24) is 25.0 Å². The zero-order valence-corrected chi connectivity index (χ0v) is 18.1. The third-order valence-electron chi connectivity index (χ3n) is 5.76. The second-order valence-electron chi connectivity index (χ2n) is 7.85. The van der Waals surface area contributed by atoms with Crippen LogP contribution < -0.4 is 10.2 Å². The van der Waals surface area contributed by atoms with Gasteiger partial charge in [0.15, 0.2) is 0 Å². The van der Waals surface area contributed by atoms with E-state index in [1.807, 2.05) is 0 Å². The van der Waals surface area contributed by atoms with Crippen LogP contribution in [0.3, 0.4) is 0 Å². The number of rotatable bonds is 6. The third-order valence-corrected chi connectivity index (χ3v) is 6.73. The fourth-order valence-corrected chi connectivity index (χ4v) is 5.07. The molecule has 158 valence electrons. The van der Waals surface area contributed by atoms with E-state index in [0.717, 1.165) is 73.9 Å². The van der Waals surface area contributed by atoms with Crippen molar-refractivity contribution in [3.8, 4) is 5.13 Å². The fourth-order valence-electron chi connectivity index (χ4n) is 4.07. The molecule has 0 aromatic carbocycles. The maximum atomic E-state index is 12.7. The average Bonchev–Trinajstić information content (AvgIpc) is 3.35. The van der Waals surface area contributed by atoms with Gasteiger partial charge in [0.2, 0.25) is 16.2 Å². The number of carbonyl (C=O) groups excluding carboxylic acids is 1. The number of hydrogen-bond acceptors (Lipinski definition) is 7. The molecule has 0 bridgehead atoms. The molecule has 1 amide bonds. The van der Waals surface area contributed by atoms with Crippen LogP contribution in [0.25, 0.3) is 5.13 Å². The molecule has 1 N–H and O–H groups in total. The van der Waals surface area contributed by atoms with Crippen molar-refractivity contribution >= 4 is 22.4 Å². The summed E-state index contributed by atoms with van der Waals surface area (Å²) in [4.78, 5) is 17.2. The van der Waals surface area contributed by atoms with E-state index in [0.29, 0.717) is 13.1 Å². The summed E-state index contributed by atoms with van der Waals surface area (Å²) in [6, 6.07) is 4.18. The zero-order valence-electron chi connectivity index (χ0n) is 17.3. The SMILES string of the molecule is Cc1ccc(C)n1-c1nnc(N2CCCC(C(=O)NCCN3CCOCC3)C2)s1. The van der Waals surface area contributed by atoms with Crippen LogP contribution in [0, 0.1) is 19.8 Å². The Morgan fingerprint density at radius 2 is 1.90 bits per heavy atom. The van der Waals surface area contributed by atoms with E-state index in [1.165, 1.54) is 0 Å². The number of nitrogens with zero attached hydrogens (tertiary/aromatic N) is 5. The van der Waals surface area contributed by atoms with E-state index in [2.05, 4.69) is 55.9 Å². The van der Waals surface area contributed by atoms with Gasteiger partial charge in [0, 0.05) is 50.7 Å². The van der Waals surface area contributed by atoms with Gasteiger partial charge in [-0.25, -0.2) is 0 Å². The van der Waals surface area contributed by atoms with Crippen LogP contribution >= 0.6 is 11.3 Å². The summed E-state index contributed by atoms with van der Waals surface area (Å²) in [5, 5.41) is 13.7. The molecule has 4 heterocycles. The lowest BCUT2D eigenvalue weighted by molar-refractivity contribution is -0.125. The molecule has 2 fully saturated rings. The number of aromatic nitrogens is 3. The lowest BCUT2D eigenvalue weighted by Crippen LogP contribution is -2.46. The number of piperidine rings is 1. The molecule has 2 saturated heterocycles. The lowest BCUT2D eigenvalue weighted by Gasteiger charge is -2.32. The van der Waals surface area contributed by atoms with Crippen LogP contribution in [0.1, 0.15) is 24.2 Å². The van der Waals surface area contributed by atoms with Crippen molar-refractivity contribution in [2.24, 2.45) is 5.92 Å². The predicted octanol–water partition coefficient (Wildman–Crippen LogP) is 1.61. The molecule has 2 aliphatic heterocycles. The average molecular weight is 419 g/mol. The molecule has 29 heavy (non-hydrogen) atoms. The van der Waals surface area contributed by atoms with Crippen LogP contribution in [0.4, 0.5) is 5.13 Å². The number of ether oxygens (including phenoxy) is 1. The van der Waals surface area contributed by atoms with Gasteiger partial charge in [-0.3, -0.25) is 14.3 Å². The number of anilines is 1. The summed E-state index contributed by atoms with van der Waals surface area (Å²) in [7, 11) is 0. The van der Waals surface area contributed by atoms with Gasteiger partial charge in [-0.2, -0.15) is 0 Å². The van der Waals surface area contributed by atoms with Gasteiger partial charge in [0.1, 0.15) is 0 Å². The van der Waals surface area contributed by atoms with Crippen LogP contribution in [0.5, 0.6) is 0 Å². The number of nitrogens with one attached hydrogen (secondary N) is 1. The van der Waals surface area contributed by atoms with E-state index in [1.54, 1.807) is 11.3 Å². The maximum Gasteiger partial charge on any atom is 0.224 e. The van der Waals surface area contributed by atoms with Crippen molar-refractivity contribution < 1.29 is 9.53 Å². The molecule has 0 aliphatic carbocycles. The minimum Gasteiger partial charge on any atom is -0.379 e. The molecule has 2 aromatic heterocycles. The van der Waals surface area contributed by atoms with Gasteiger partial charge in [-0.05, 0) is 38.8 Å². The number of carbonyl (C=O) groups is 1. The maximum absolute atomic E-state index is 12.7. The Labute approximate surface area is 175 Å². The van der Waals surface area contributed by atoms with Crippen molar-refractivity contribution in [2.75, 3.05) is 57.4 Å². The van der Waals surface area contributed by atoms with Gasteiger partial charge in [0.05, 0.1) is 19.1 Å². The Bertz CT molecular complexity index is 809. The van der Waals surface area contributed by atoms with E-state index in [9.17, 15) is 4.79 Å². The Balaban J connectivity index is 1.32. The number of morpholine rings is 1. The van der Waals surface area contributed by atoms with Crippen molar-refractivity contribution in [3.05, 3.63) is 23.5 Å². The smallest absolute Gasteiger partial charge is 0.224 e. The zero-order chi connectivity index (χ0) is 20.2. The molecule has 0 saturated carbocycles. The van der Waals surface area contributed by atoms with E-state index in [-0.39, 0.29) is 11.8 Å². The summed E-state index contributed by atoms with van der Waals surface area (Å²) < 4.78 is 7.49. The molecule has 8 nitrogen and oxygen atoms in total. The summed E-state index contributed by atoms with van der Waals surface area (Å²) in [5.41, 5.74) is 2.31. The quantitative estimate of drug-likeness (QED) is 0.768. The molecular weight excluding hydrogens is 388 g/mol. The Kier molecular flexibility index (Phi) is 6.46. The summed E-state index contributed by atoms with van der Waals surface area (Å²) in [6.45, 7) is 10.9. The van der Waals surface area contributed by atoms with Gasteiger partial charge >= 0.3 is 0 Å². The highest BCUT2D eigenvalue weighted by Gasteiger charge is 2.28. The van der Waals surface area contributed by atoms with E-state index in [4.69, 9.17) is 4.74 Å². The normalized spacial score (nSPS) is 20.8.